The number of amides is 1. The first-order valence-corrected chi connectivity index (χ1v) is 7.99. The number of hydrogen-bond donors (Lipinski definition) is 0. The highest BCUT2D eigenvalue weighted by Crippen LogP contribution is 2.28. The number of imidazole rings is 1. The number of nitrogens with zero attached hydrogens (tertiary/aromatic N) is 4. The lowest BCUT2D eigenvalue weighted by Gasteiger charge is -2.32. The zero-order valence-corrected chi connectivity index (χ0v) is 14.2. The van der Waals surface area contributed by atoms with Crippen LogP contribution in [0.4, 0.5) is 0 Å². The monoisotopic (exact) mass is 330 g/mol. The molecule has 0 radical (unpaired) electrons. The van der Waals surface area contributed by atoms with E-state index in [9.17, 15) is 4.79 Å². The van der Waals surface area contributed by atoms with Gasteiger partial charge in [0.05, 0.1) is 14.2 Å². The number of aromatic nitrogens is 3. The van der Waals surface area contributed by atoms with Crippen LogP contribution < -0.4 is 9.47 Å². The third-order valence-corrected chi connectivity index (χ3v) is 4.40. The summed E-state index contributed by atoms with van der Waals surface area (Å²) in [6.07, 6.45) is 5.72. The number of aryl methyl sites for hydroxylation is 1. The summed E-state index contributed by atoms with van der Waals surface area (Å²) in [6.45, 7) is 1.38. The topological polar surface area (TPSA) is 69.5 Å². The SMILES string of the molecule is COc1ccc(C(=O)N2CCC[C@H](c3nccn3C)C2)c(OC)n1. The van der Waals surface area contributed by atoms with Gasteiger partial charge in [0.15, 0.2) is 0 Å². The maximum absolute atomic E-state index is 12.9. The van der Waals surface area contributed by atoms with E-state index in [4.69, 9.17) is 9.47 Å². The van der Waals surface area contributed by atoms with Crippen LogP contribution in [0.25, 0.3) is 0 Å². The molecule has 2 aromatic heterocycles. The summed E-state index contributed by atoms with van der Waals surface area (Å²) in [5.41, 5.74) is 0.457. The summed E-state index contributed by atoms with van der Waals surface area (Å²) in [4.78, 5) is 23.4. The molecule has 0 bridgehead atoms. The normalized spacial score (nSPS) is 17.6. The Morgan fingerprint density at radius 3 is 2.79 bits per heavy atom. The molecule has 1 saturated heterocycles. The standard InChI is InChI=1S/C17H22N4O3/c1-20-10-8-18-15(20)12-5-4-9-21(11-12)17(22)13-6-7-14(23-2)19-16(13)24-3/h6-8,10,12H,4-5,9,11H2,1-3H3/t12-/m0/s1. The Labute approximate surface area is 141 Å². The van der Waals surface area contributed by atoms with Gasteiger partial charge in [-0.05, 0) is 18.9 Å². The Morgan fingerprint density at radius 1 is 1.29 bits per heavy atom. The van der Waals surface area contributed by atoms with Crippen molar-refractivity contribution in [1.82, 2.24) is 19.4 Å². The van der Waals surface area contributed by atoms with Gasteiger partial charge in [0.1, 0.15) is 11.4 Å². The van der Waals surface area contributed by atoms with Gasteiger partial charge < -0.3 is 18.9 Å². The number of pyridine rings is 1. The predicted molar refractivity (Wildman–Crippen MR) is 88.4 cm³/mol. The lowest BCUT2D eigenvalue weighted by atomic mass is 9.96. The molecule has 0 aliphatic carbocycles. The summed E-state index contributed by atoms with van der Waals surface area (Å²) in [5.74, 6) is 1.92. The molecule has 3 heterocycles. The van der Waals surface area contributed by atoms with Gasteiger partial charge in [-0.1, -0.05) is 0 Å². The average Bonchev–Trinajstić information content (AvgIpc) is 3.06. The van der Waals surface area contributed by atoms with E-state index < -0.39 is 0 Å². The van der Waals surface area contributed by atoms with Crippen LogP contribution in [0, 0.1) is 0 Å². The van der Waals surface area contributed by atoms with Crippen molar-refractivity contribution in [3.63, 3.8) is 0 Å². The van der Waals surface area contributed by atoms with E-state index in [0.29, 0.717) is 23.9 Å². The van der Waals surface area contributed by atoms with E-state index in [1.54, 1.807) is 18.3 Å². The Balaban J connectivity index is 1.81. The second kappa shape index (κ2) is 6.90. The summed E-state index contributed by atoms with van der Waals surface area (Å²) in [6, 6.07) is 3.38. The first-order chi connectivity index (χ1) is 11.6. The van der Waals surface area contributed by atoms with Crippen molar-refractivity contribution in [2.45, 2.75) is 18.8 Å². The molecule has 2 aromatic rings. The van der Waals surface area contributed by atoms with Gasteiger partial charge >= 0.3 is 0 Å². The molecule has 1 aliphatic rings. The third kappa shape index (κ3) is 3.06. The third-order valence-electron chi connectivity index (χ3n) is 4.40. The van der Waals surface area contributed by atoms with E-state index in [2.05, 4.69) is 9.97 Å². The summed E-state index contributed by atoms with van der Waals surface area (Å²) >= 11 is 0. The van der Waals surface area contributed by atoms with E-state index in [0.717, 1.165) is 25.2 Å². The van der Waals surface area contributed by atoms with Gasteiger partial charge in [-0.2, -0.15) is 4.98 Å². The highest BCUT2D eigenvalue weighted by molar-refractivity contribution is 5.96. The fraction of sp³-hybridized carbons (Fsp3) is 0.471. The zero-order valence-electron chi connectivity index (χ0n) is 14.2. The van der Waals surface area contributed by atoms with Crippen molar-refractivity contribution in [2.24, 2.45) is 7.05 Å². The lowest BCUT2D eigenvalue weighted by Crippen LogP contribution is -2.39. The van der Waals surface area contributed by atoms with E-state index >= 15 is 0 Å². The van der Waals surface area contributed by atoms with Crippen molar-refractivity contribution >= 4 is 5.91 Å². The van der Waals surface area contributed by atoms with Crippen LogP contribution in [-0.4, -0.2) is 52.7 Å². The average molecular weight is 330 g/mol. The maximum atomic E-state index is 12.9. The Kier molecular flexibility index (Phi) is 4.69. The highest BCUT2D eigenvalue weighted by Gasteiger charge is 2.29. The molecular weight excluding hydrogens is 308 g/mol. The zero-order chi connectivity index (χ0) is 17.1. The van der Waals surface area contributed by atoms with E-state index in [1.807, 2.05) is 22.7 Å². The molecule has 0 N–H and O–H groups in total. The quantitative estimate of drug-likeness (QED) is 0.856. The molecule has 0 unspecified atom stereocenters. The van der Waals surface area contributed by atoms with Crippen LogP contribution in [0.2, 0.25) is 0 Å². The van der Waals surface area contributed by atoms with E-state index in [1.165, 1.54) is 14.2 Å². The smallest absolute Gasteiger partial charge is 0.259 e. The molecule has 7 heteroatoms. The van der Waals surface area contributed by atoms with E-state index in [-0.39, 0.29) is 11.8 Å². The molecule has 1 atom stereocenters. The number of carbonyl (C=O) groups excluding carboxylic acids is 1. The minimum Gasteiger partial charge on any atom is -0.481 e. The molecule has 0 spiro atoms. The second-order valence-corrected chi connectivity index (χ2v) is 5.90. The number of piperidine rings is 1. The van der Waals surface area contributed by atoms with Gasteiger partial charge in [-0.25, -0.2) is 4.98 Å². The molecule has 1 aliphatic heterocycles. The van der Waals surface area contributed by atoms with Crippen molar-refractivity contribution in [3.05, 3.63) is 35.9 Å². The largest absolute Gasteiger partial charge is 0.481 e. The Morgan fingerprint density at radius 2 is 2.12 bits per heavy atom. The molecule has 7 nitrogen and oxygen atoms in total. The van der Waals surface area contributed by atoms with Crippen LogP contribution in [0.5, 0.6) is 11.8 Å². The first kappa shape index (κ1) is 16.3. The number of hydrogen-bond acceptors (Lipinski definition) is 5. The van der Waals surface area contributed by atoms with Gasteiger partial charge in [0.2, 0.25) is 11.8 Å². The molecular formula is C17H22N4O3. The summed E-state index contributed by atoms with van der Waals surface area (Å²) < 4.78 is 12.4. The second-order valence-electron chi connectivity index (χ2n) is 5.90. The van der Waals surface area contributed by atoms with Crippen molar-refractivity contribution < 1.29 is 14.3 Å². The number of carbonyl (C=O) groups is 1. The summed E-state index contributed by atoms with van der Waals surface area (Å²) in [5, 5.41) is 0. The minimum absolute atomic E-state index is 0.0686. The van der Waals surface area contributed by atoms with Crippen molar-refractivity contribution in [1.29, 1.82) is 0 Å². The van der Waals surface area contributed by atoms with Crippen molar-refractivity contribution in [3.8, 4) is 11.8 Å². The first-order valence-electron chi connectivity index (χ1n) is 7.99. The number of likely N-dealkylation sites (tertiary alicyclic amines) is 1. The molecule has 3 rings (SSSR count). The van der Waals surface area contributed by atoms with Crippen LogP contribution in [0.1, 0.15) is 34.9 Å². The molecule has 0 aromatic carbocycles. The Bertz CT molecular complexity index is 728. The van der Waals surface area contributed by atoms with Gasteiger partial charge in [-0.3, -0.25) is 4.79 Å². The number of ether oxygens (including phenoxy) is 2. The predicted octanol–water partition coefficient (Wildman–Crippen LogP) is 1.85. The Hall–Kier alpha value is -2.57. The molecule has 0 saturated carbocycles. The fourth-order valence-electron chi connectivity index (χ4n) is 3.17. The molecule has 1 fully saturated rings. The van der Waals surface area contributed by atoms with Gasteiger partial charge in [0.25, 0.3) is 5.91 Å². The number of methoxy groups -OCH3 is 2. The molecule has 128 valence electrons. The van der Waals surface area contributed by atoms with Crippen LogP contribution >= 0.6 is 0 Å². The minimum atomic E-state index is -0.0686. The van der Waals surface area contributed by atoms with Gasteiger partial charge in [-0.15, -0.1) is 0 Å². The van der Waals surface area contributed by atoms with Gasteiger partial charge in [0, 0.05) is 44.5 Å². The lowest BCUT2D eigenvalue weighted by molar-refractivity contribution is 0.0699. The van der Waals surface area contributed by atoms with Crippen LogP contribution in [0.3, 0.4) is 0 Å². The summed E-state index contributed by atoms with van der Waals surface area (Å²) in [7, 11) is 5.02. The highest BCUT2D eigenvalue weighted by atomic mass is 16.5. The fourth-order valence-corrected chi connectivity index (χ4v) is 3.17. The van der Waals surface area contributed by atoms with Crippen LogP contribution in [-0.2, 0) is 7.05 Å². The maximum Gasteiger partial charge on any atom is 0.259 e. The van der Waals surface area contributed by atoms with Crippen LogP contribution in [0.15, 0.2) is 24.5 Å². The number of rotatable bonds is 4. The van der Waals surface area contributed by atoms with Crippen molar-refractivity contribution in [2.75, 3.05) is 27.3 Å². The molecule has 1 amide bonds. The molecule has 24 heavy (non-hydrogen) atoms.